The van der Waals surface area contributed by atoms with Crippen LogP contribution in [-0.2, 0) is 4.79 Å². The van der Waals surface area contributed by atoms with Crippen LogP contribution in [0.25, 0.3) is 0 Å². The van der Waals surface area contributed by atoms with Crippen LogP contribution >= 0.6 is 0 Å². The molecule has 0 aromatic heterocycles. The van der Waals surface area contributed by atoms with Gasteiger partial charge in [0.05, 0.1) is 0 Å². The van der Waals surface area contributed by atoms with Gasteiger partial charge in [0, 0.05) is 0 Å². The Balaban J connectivity index is 3.39. The standard InChI is InChI=1S/C5H9BNO/c1-4(2)3-5(8)7-6/h4H,3H2,1-2H3. The van der Waals surface area contributed by atoms with Crippen LogP contribution in [0, 0.1) is 5.92 Å². The first-order chi connectivity index (χ1) is 3.66. The molecule has 1 amide bonds. The van der Waals surface area contributed by atoms with Crippen LogP contribution < -0.4 is 0 Å². The third kappa shape index (κ3) is 3.72. The molecule has 0 unspecified atom stereocenters. The van der Waals surface area contributed by atoms with Crippen LogP contribution in [-0.4, -0.2) is 13.5 Å². The summed E-state index contributed by atoms with van der Waals surface area (Å²) in [6.07, 6.45) is 0.455. The van der Waals surface area contributed by atoms with E-state index in [1.807, 2.05) is 13.8 Å². The van der Waals surface area contributed by atoms with E-state index in [4.69, 9.17) is 7.64 Å². The van der Waals surface area contributed by atoms with Crippen molar-refractivity contribution in [2.24, 2.45) is 10.8 Å². The number of hydrogen-bond donors (Lipinski definition) is 0. The van der Waals surface area contributed by atoms with E-state index in [0.717, 1.165) is 0 Å². The number of rotatable bonds is 2. The van der Waals surface area contributed by atoms with Gasteiger partial charge in [0.1, 0.15) is 0 Å². The van der Waals surface area contributed by atoms with E-state index in [1.54, 1.807) is 0 Å². The summed E-state index contributed by atoms with van der Waals surface area (Å²) < 4.78 is 0. The molecule has 0 spiro atoms. The molecular weight excluding hydrogens is 101 g/mol. The van der Waals surface area contributed by atoms with Crippen molar-refractivity contribution in [2.45, 2.75) is 20.3 Å². The maximum absolute atomic E-state index is 10.3. The van der Waals surface area contributed by atoms with Gasteiger partial charge in [-0.05, 0) is 0 Å². The molecule has 0 rings (SSSR count). The average Bonchev–Trinajstić information content (AvgIpc) is 1.65. The molecule has 1 radical (unpaired) electrons. The molecule has 0 atom stereocenters. The maximum atomic E-state index is 10.3. The summed E-state index contributed by atoms with van der Waals surface area (Å²) in [5, 5.41) is 0. The Kier molecular flexibility index (Phi) is 3.32. The minimum atomic E-state index is -0.222. The van der Waals surface area contributed by atoms with Gasteiger partial charge >= 0.3 is 49.4 Å². The van der Waals surface area contributed by atoms with E-state index < -0.39 is 0 Å². The zero-order chi connectivity index (χ0) is 6.57. The number of carbonyl (C=O) groups is 1. The van der Waals surface area contributed by atoms with Crippen LogP contribution in [0.1, 0.15) is 20.3 Å². The molecule has 8 heavy (non-hydrogen) atoms. The fraction of sp³-hybridized carbons (Fsp3) is 0.800. The Morgan fingerprint density at radius 1 is 1.75 bits per heavy atom. The van der Waals surface area contributed by atoms with Crippen LogP contribution in [0.3, 0.4) is 0 Å². The molecule has 0 aliphatic heterocycles. The quantitative estimate of drug-likeness (QED) is 0.485. The average molecular weight is 110 g/mol. The minimum absolute atomic E-state index is 0.222. The van der Waals surface area contributed by atoms with E-state index in [1.165, 1.54) is 0 Å². The fourth-order valence-electron chi connectivity index (χ4n) is 0.402. The first-order valence-electron chi connectivity index (χ1n) is 2.60. The molecule has 0 N–H and O–H groups in total. The Morgan fingerprint density at radius 2 is 2.25 bits per heavy atom. The summed E-state index contributed by atoms with van der Waals surface area (Å²) in [7, 11) is 4.70. The summed E-state index contributed by atoms with van der Waals surface area (Å²) in [6.45, 7) is 3.90. The molecular formula is C5H9BNO. The van der Waals surface area contributed by atoms with E-state index in [0.29, 0.717) is 12.3 Å². The molecule has 0 aliphatic carbocycles. The molecule has 0 saturated heterocycles. The normalized spacial score (nSPS) is 9.25. The van der Waals surface area contributed by atoms with Crippen molar-refractivity contribution in [1.29, 1.82) is 0 Å². The van der Waals surface area contributed by atoms with Gasteiger partial charge < -0.3 is 0 Å². The zero-order valence-corrected chi connectivity index (χ0v) is 5.22. The summed E-state index contributed by atoms with van der Waals surface area (Å²) in [5.74, 6) is 0.134. The number of nitrogens with zero attached hydrogens (tertiary/aromatic N) is 1. The Bertz CT molecular complexity index is 101. The van der Waals surface area contributed by atoms with E-state index >= 15 is 0 Å². The van der Waals surface area contributed by atoms with Crippen molar-refractivity contribution in [3.8, 4) is 0 Å². The van der Waals surface area contributed by atoms with Crippen molar-refractivity contribution in [2.75, 3.05) is 0 Å². The first-order valence-corrected chi connectivity index (χ1v) is 2.60. The van der Waals surface area contributed by atoms with Crippen LogP contribution in [0.4, 0.5) is 0 Å². The topological polar surface area (TPSA) is 29.4 Å². The molecule has 0 aromatic carbocycles. The molecule has 43 valence electrons. The van der Waals surface area contributed by atoms with Crippen molar-refractivity contribution >= 4 is 13.5 Å². The summed E-state index contributed by atoms with van der Waals surface area (Å²) in [4.78, 5) is 13.3. The monoisotopic (exact) mass is 110 g/mol. The van der Waals surface area contributed by atoms with Crippen molar-refractivity contribution < 1.29 is 4.79 Å². The third-order valence-electron chi connectivity index (χ3n) is 0.727. The SMILES string of the molecule is [B]=NC(=O)CC(C)C. The second kappa shape index (κ2) is 3.53. The van der Waals surface area contributed by atoms with Gasteiger partial charge in [-0.15, -0.1) is 0 Å². The van der Waals surface area contributed by atoms with E-state index in [2.05, 4.69) is 4.90 Å². The second-order valence-electron chi connectivity index (χ2n) is 2.12. The predicted molar refractivity (Wildman–Crippen MR) is 32.6 cm³/mol. The molecule has 0 aliphatic rings. The Morgan fingerprint density at radius 3 is 2.38 bits per heavy atom. The number of carbonyl (C=O) groups excluding carboxylic acids is 1. The van der Waals surface area contributed by atoms with Gasteiger partial charge in [0.25, 0.3) is 0 Å². The predicted octanol–water partition coefficient (Wildman–Crippen LogP) is 0.911. The molecule has 0 bridgehead atoms. The summed E-state index contributed by atoms with van der Waals surface area (Å²) >= 11 is 0. The molecule has 0 aromatic rings. The number of amides is 1. The fourth-order valence-corrected chi connectivity index (χ4v) is 0.402. The molecule has 2 nitrogen and oxygen atoms in total. The van der Waals surface area contributed by atoms with Crippen LogP contribution in [0.2, 0.25) is 0 Å². The van der Waals surface area contributed by atoms with Gasteiger partial charge in [0.15, 0.2) is 0 Å². The molecule has 3 heteroatoms. The van der Waals surface area contributed by atoms with Crippen molar-refractivity contribution in [3.05, 3.63) is 0 Å². The third-order valence-corrected chi connectivity index (χ3v) is 0.727. The van der Waals surface area contributed by atoms with Gasteiger partial charge in [0.2, 0.25) is 0 Å². The first kappa shape index (κ1) is 7.53. The Hall–Kier alpha value is -0.465. The molecule has 0 saturated carbocycles. The summed E-state index contributed by atoms with van der Waals surface area (Å²) in [6, 6.07) is 0. The second-order valence-corrected chi connectivity index (χ2v) is 2.12. The molecule has 0 fully saturated rings. The van der Waals surface area contributed by atoms with E-state index in [-0.39, 0.29) is 5.91 Å². The van der Waals surface area contributed by atoms with Gasteiger partial charge in [-0.1, -0.05) is 0 Å². The number of hydrogen-bond acceptors (Lipinski definition) is 1. The van der Waals surface area contributed by atoms with Gasteiger partial charge in [-0.25, -0.2) is 0 Å². The van der Waals surface area contributed by atoms with Crippen molar-refractivity contribution in [3.63, 3.8) is 0 Å². The van der Waals surface area contributed by atoms with E-state index in [9.17, 15) is 4.79 Å². The summed E-state index contributed by atoms with van der Waals surface area (Å²) in [5.41, 5.74) is 0. The Labute approximate surface area is 50.4 Å². The van der Waals surface area contributed by atoms with Crippen molar-refractivity contribution in [1.82, 2.24) is 0 Å². The van der Waals surface area contributed by atoms with Gasteiger partial charge in [-0.3, -0.25) is 0 Å². The molecule has 0 heterocycles. The van der Waals surface area contributed by atoms with Gasteiger partial charge in [-0.2, -0.15) is 0 Å². The van der Waals surface area contributed by atoms with Crippen LogP contribution in [0.5, 0.6) is 0 Å². The van der Waals surface area contributed by atoms with Crippen LogP contribution in [0.15, 0.2) is 4.90 Å². The zero-order valence-electron chi connectivity index (χ0n) is 5.22.